The summed E-state index contributed by atoms with van der Waals surface area (Å²) in [5.74, 6) is 0.390. The van der Waals surface area contributed by atoms with Gasteiger partial charge < -0.3 is 5.32 Å². The third-order valence-electron chi connectivity index (χ3n) is 1.94. The van der Waals surface area contributed by atoms with Gasteiger partial charge in [0.25, 0.3) is 5.91 Å². The van der Waals surface area contributed by atoms with Crippen molar-refractivity contribution in [3.05, 3.63) is 16.1 Å². The van der Waals surface area contributed by atoms with Gasteiger partial charge in [-0.3, -0.25) is 4.79 Å². The Labute approximate surface area is 98.9 Å². The maximum atomic E-state index is 11.6. The molecule has 0 bridgehead atoms. The van der Waals surface area contributed by atoms with Gasteiger partial charge in [0.1, 0.15) is 5.69 Å². The van der Waals surface area contributed by atoms with E-state index in [9.17, 15) is 4.79 Å². The predicted molar refractivity (Wildman–Crippen MR) is 63.7 cm³/mol. The van der Waals surface area contributed by atoms with Gasteiger partial charge in [-0.15, -0.1) is 22.9 Å². The van der Waals surface area contributed by atoms with E-state index in [-0.39, 0.29) is 11.3 Å². The molecule has 0 atom stereocenters. The van der Waals surface area contributed by atoms with Crippen LogP contribution in [0.4, 0.5) is 0 Å². The van der Waals surface area contributed by atoms with Gasteiger partial charge in [-0.1, -0.05) is 13.8 Å². The molecule has 1 aromatic heterocycles. The van der Waals surface area contributed by atoms with Gasteiger partial charge in [0.05, 0.1) is 5.01 Å². The first kappa shape index (κ1) is 12.5. The van der Waals surface area contributed by atoms with E-state index in [1.165, 1.54) is 11.3 Å². The molecule has 0 fully saturated rings. The van der Waals surface area contributed by atoms with Crippen molar-refractivity contribution < 1.29 is 4.79 Å². The molecule has 0 radical (unpaired) electrons. The lowest BCUT2D eigenvalue weighted by atomic mass is 9.96. The fourth-order valence-corrected chi connectivity index (χ4v) is 1.61. The van der Waals surface area contributed by atoms with Crippen LogP contribution in [0.1, 0.15) is 29.3 Å². The Kier molecular flexibility index (Phi) is 4.11. The number of hydrogen-bond acceptors (Lipinski definition) is 3. The van der Waals surface area contributed by atoms with Crippen LogP contribution < -0.4 is 5.32 Å². The van der Waals surface area contributed by atoms with Crippen molar-refractivity contribution in [2.24, 2.45) is 5.41 Å². The number of rotatable bonds is 4. The van der Waals surface area contributed by atoms with E-state index < -0.39 is 0 Å². The van der Waals surface area contributed by atoms with Gasteiger partial charge in [0.15, 0.2) is 0 Å². The number of nitrogens with one attached hydrogen (secondary N) is 1. The SMILES string of the molecule is Cc1nc(C(=O)NCC(C)(C)CCl)cs1. The van der Waals surface area contributed by atoms with Crippen LogP contribution in [0, 0.1) is 12.3 Å². The number of hydrogen-bond donors (Lipinski definition) is 1. The lowest BCUT2D eigenvalue weighted by Gasteiger charge is -2.21. The van der Waals surface area contributed by atoms with Gasteiger partial charge in [-0.25, -0.2) is 4.98 Å². The molecule has 3 nitrogen and oxygen atoms in total. The van der Waals surface area contributed by atoms with Crippen LogP contribution in [0.25, 0.3) is 0 Å². The first-order valence-corrected chi connectivity index (χ1v) is 6.12. The maximum Gasteiger partial charge on any atom is 0.270 e. The molecular weight excluding hydrogens is 232 g/mol. The number of aryl methyl sites for hydroxylation is 1. The van der Waals surface area contributed by atoms with Crippen LogP contribution in [0.3, 0.4) is 0 Å². The minimum Gasteiger partial charge on any atom is -0.350 e. The Bertz CT molecular complexity index is 349. The van der Waals surface area contributed by atoms with Crippen molar-refractivity contribution in [1.82, 2.24) is 10.3 Å². The standard InChI is InChI=1S/C10H15ClN2OS/c1-7-13-8(4-15-7)9(14)12-6-10(2,3)5-11/h4H,5-6H2,1-3H3,(H,12,14). The van der Waals surface area contributed by atoms with Crippen molar-refractivity contribution in [1.29, 1.82) is 0 Å². The second kappa shape index (κ2) is 4.94. The highest BCUT2D eigenvalue weighted by Crippen LogP contribution is 2.15. The highest BCUT2D eigenvalue weighted by atomic mass is 35.5. The second-order valence-electron chi connectivity index (χ2n) is 4.23. The molecule has 0 aromatic carbocycles. The van der Waals surface area contributed by atoms with E-state index in [1.54, 1.807) is 5.38 Å². The average molecular weight is 247 g/mol. The number of carbonyl (C=O) groups excluding carboxylic acids is 1. The first-order chi connectivity index (χ1) is 6.94. The third kappa shape index (κ3) is 3.80. The number of halogens is 1. The predicted octanol–water partition coefficient (Wildman–Crippen LogP) is 2.45. The summed E-state index contributed by atoms with van der Waals surface area (Å²) in [6, 6.07) is 0. The summed E-state index contributed by atoms with van der Waals surface area (Å²) in [4.78, 5) is 15.7. The number of carbonyl (C=O) groups is 1. The van der Waals surface area contributed by atoms with Crippen LogP contribution >= 0.6 is 22.9 Å². The van der Waals surface area contributed by atoms with Crippen LogP contribution in [0.2, 0.25) is 0 Å². The van der Waals surface area contributed by atoms with Crippen molar-refractivity contribution in [3.8, 4) is 0 Å². The summed E-state index contributed by atoms with van der Waals surface area (Å²) in [7, 11) is 0. The molecule has 0 spiro atoms. The Hall–Kier alpha value is -0.610. The van der Waals surface area contributed by atoms with Crippen molar-refractivity contribution in [2.45, 2.75) is 20.8 Å². The number of amides is 1. The summed E-state index contributed by atoms with van der Waals surface area (Å²) in [6.07, 6.45) is 0. The molecular formula is C10H15ClN2OS. The Morgan fingerprint density at radius 1 is 1.67 bits per heavy atom. The third-order valence-corrected chi connectivity index (χ3v) is 3.44. The Morgan fingerprint density at radius 2 is 2.33 bits per heavy atom. The fraction of sp³-hybridized carbons (Fsp3) is 0.600. The van der Waals surface area contributed by atoms with E-state index in [0.717, 1.165) is 5.01 Å². The molecule has 1 heterocycles. The average Bonchev–Trinajstić information content (AvgIpc) is 2.61. The largest absolute Gasteiger partial charge is 0.350 e. The second-order valence-corrected chi connectivity index (χ2v) is 5.56. The van der Waals surface area contributed by atoms with Crippen LogP contribution in [0.15, 0.2) is 5.38 Å². The van der Waals surface area contributed by atoms with E-state index >= 15 is 0 Å². The van der Waals surface area contributed by atoms with E-state index in [2.05, 4.69) is 10.3 Å². The minimum absolute atomic E-state index is 0.0811. The maximum absolute atomic E-state index is 11.6. The molecule has 5 heteroatoms. The number of aromatic nitrogens is 1. The molecule has 84 valence electrons. The smallest absolute Gasteiger partial charge is 0.270 e. The monoisotopic (exact) mass is 246 g/mol. The summed E-state index contributed by atoms with van der Waals surface area (Å²) in [5, 5.41) is 5.49. The zero-order chi connectivity index (χ0) is 11.5. The van der Waals surface area contributed by atoms with Crippen LogP contribution in [0.5, 0.6) is 0 Å². The summed E-state index contributed by atoms with van der Waals surface area (Å²) in [5.41, 5.74) is 0.408. The summed E-state index contributed by atoms with van der Waals surface area (Å²) in [6.45, 7) is 6.45. The van der Waals surface area contributed by atoms with E-state index in [0.29, 0.717) is 18.1 Å². The summed E-state index contributed by atoms with van der Waals surface area (Å²) >= 11 is 7.24. The lowest BCUT2D eigenvalue weighted by Crippen LogP contribution is -2.35. The minimum atomic E-state index is -0.127. The molecule has 0 aliphatic carbocycles. The molecule has 0 aliphatic heterocycles. The Balaban J connectivity index is 2.50. The number of alkyl halides is 1. The Morgan fingerprint density at radius 3 is 2.80 bits per heavy atom. The normalized spacial score (nSPS) is 11.5. The first-order valence-electron chi connectivity index (χ1n) is 4.71. The molecule has 1 N–H and O–H groups in total. The lowest BCUT2D eigenvalue weighted by molar-refractivity contribution is 0.0935. The summed E-state index contributed by atoms with van der Waals surface area (Å²) < 4.78 is 0. The number of thiazole rings is 1. The van der Waals surface area contributed by atoms with E-state index in [1.807, 2.05) is 20.8 Å². The quantitative estimate of drug-likeness (QED) is 0.830. The molecule has 15 heavy (non-hydrogen) atoms. The molecule has 1 aromatic rings. The number of nitrogens with zero attached hydrogens (tertiary/aromatic N) is 1. The molecule has 0 aliphatic rings. The van der Waals surface area contributed by atoms with Crippen molar-refractivity contribution in [3.63, 3.8) is 0 Å². The van der Waals surface area contributed by atoms with Gasteiger partial charge in [-0.05, 0) is 12.3 Å². The topological polar surface area (TPSA) is 42.0 Å². The van der Waals surface area contributed by atoms with Crippen LogP contribution in [-0.4, -0.2) is 23.3 Å². The zero-order valence-electron chi connectivity index (χ0n) is 9.13. The molecule has 1 rings (SSSR count). The van der Waals surface area contributed by atoms with Gasteiger partial charge in [-0.2, -0.15) is 0 Å². The van der Waals surface area contributed by atoms with E-state index in [4.69, 9.17) is 11.6 Å². The van der Waals surface area contributed by atoms with Crippen molar-refractivity contribution >= 4 is 28.8 Å². The zero-order valence-corrected chi connectivity index (χ0v) is 10.7. The fourth-order valence-electron chi connectivity index (χ4n) is 0.925. The molecule has 1 amide bonds. The van der Waals surface area contributed by atoms with Gasteiger partial charge >= 0.3 is 0 Å². The van der Waals surface area contributed by atoms with Gasteiger partial charge in [0.2, 0.25) is 0 Å². The van der Waals surface area contributed by atoms with Crippen LogP contribution in [-0.2, 0) is 0 Å². The highest BCUT2D eigenvalue weighted by Gasteiger charge is 2.18. The molecule has 0 unspecified atom stereocenters. The molecule has 0 saturated heterocycles. The van der Waals surface area contributed by atoms with Gasteiger partial charge in [0, 0.05) is 17.8 Å². The van der Waals surface area contributed by atoms with Crippen molar-refractivity contribution in [2.75, 3.05) is 12.4 Å². The highest BCUT2D eigenvalue weighted by molar-refractivity contribution is 7.09. The molecule has 0 saturated carbocycles.